The second-order valence-corrected chi connectivity index (χ2v) is 8.67. The van der Waals surface area contributed by atoms with Crippen molar-refractivity contribution in [3.8, 4) is 0 Å². The Morgan fingerprint density at radius 2 is 1.35 bits per heavy atom. The van der Waals surface area contributed by atoms with Crippen molar-refractivity contribution in [3.63, 3.8) is 0 Å². The van der Waals surface area contributed by atoms with Crippen molar-refractivity contribution in [2.75, 3.05) is 5.73 Å². The van der Waals surface area contributed by atoms with E-state index in [-0.39, 0.29) is 0 Å². The van der Waals surface area contributed by atoms with Gasteiger partial charge in [-0.1, -0.05) is 72.8 Å². The topological polar surface area (TPSA) is 48.0 Å². The van der Waals surface area contributed by atoms with Gasteiger partial charge in [0.1, 0.15) is 0 Å². The van der Waals surface area contributed by atoms with Gasteiger partial charge in [-0.05, 0) is 63.5 Å². The lowest BCUT2D eigenvalue weighted by molar-refractivity contribution is 0.112. The van der Waals surface area contributed by atoms with E-state index in [2.05, 4.69) is 84.3 Å². The Balaban J connectivity index is 0.000000129. The number of hydrogen-bond donors (Lipinski definition) is 1. The molecule has 7 rings (SSSR count). The summed E-state index contributed by atoms with van der Waals surface area (Å²) in [7, 11) is 0. The van der Waals surface area contributed by atoms with E-state index in [1.807, 2.05) is 24.3 Å². The number of rotatable bonds is 2. The van der Waals surface area contributed by atoms with Crippen molar-refractivity contribution in [1.29, 1.82) is 0 Å². The fraction of sp³-hybridized carbons (Fsp3) is 0.0645. The summed E-state index contributed by atoms with van der Waals surface area (Å²) in [5.74, 6) is 0. The van der Waals surface area contributed by atoms with Gasteiger partial charge in [-0.3, -0.25) is 4.79 Å². The summed E-state index contributed by atoms with van der Waals surface area (Å²) in [6.45, 7) is 3.15. The third kappa shape index (κ3) is 3.01. The van der Waals surface area contributed by atoms with E-state index in [4.69, 9.17) is 5.73 Å². The lowest BCUT2D eigenvalue weighted by atomic mass is 9.92. The normalized spacial score (nSPS) is 11.4. The largest absolute Gasteiger partial charge is 0.399 e. The van der Waals surface area contributed by atoms with E-state index in [0.29, 0.717) is 0 Å². The number of carbonyl (C=O) groups excluding carboxylic acids is 1. The molecule has 0 aliphatic carbocycles. The molecule has 0 amide bonds. The molecule has 6 aromatic carbocycles. The minimum Gasteiger partial charge on any atom is -0.399 e. The zero-order chi connectivity index (χ0) is 23.2. The Morgan fingerprint density at radius 3 is 2.12 bits per heavy atom. The summed E-state index contributed by atoms with van der Waals surface area (Å²) in [4.78, 5) is 11.2. The van der Waals surface area contributed by atoms with Gasteiger partial charge in [0.2, 0.25) is 0 Å². The molecule has 34 heavy (non-hydrogen) atoms. The molecule has 0 spiro atoms. The van der Waals surface area contributed by atoms with Gasteiger partial charge in [0.15, 0.2) is 6.29 Å². The van der Waals surface area contributed by atoms with Crippen LogP contribution in [0.2, 0.25) is 0 Å². The van der Waals surface area contributed by atoms with Gasteiger partial charge in [-0.15, -0.1) is 0 Å². The molecule has 3 nitrogen and oxygen atoms in total. The number of nitrogens with zero attached hydrogens (tertiary/aromatic N) is 1. The number of nitrogen functional groups attached to an aromatic ring is 1. The third-order valence-electron chi connectivity index (χ3n) is 6.80. The van der Waals surface area contributed by atoms with Gasteiger partial charge in [-0.2, -0.15) is 0 Å². The molecule has 164 valence electrons. The first-order chi connectivity index (χ1) is 16.7. The Kier molecular flexibility index (Phi) is 4.70. The van der Waals surface area contributed by atoms with Gasteiger partial charge < -0.3 is 10.3 Å². The minimum absolute atomic E-state index is 0.765. The van der Waals surface area contributed by atoms with Crippen LogP contribution in [0.5, 0.6) is 0 Å². The van der Waals surface area contributed by atoms with Gasteiger partial charge in [0.05, 0.1) is 0 Å². The molecule has 1 aromatic heterocycles. The zero-order valence-electron chi connectivity index (χ0n) is 19.0. The first-order valence-corrected chi connectivity index (χ1v) is 11.6. The van der Waals surface area contributed by atoms with Crippen LogP contribution in [0.15, 0.2) is 97.1 Å². The summed E-state index contributed by atoms with van der Waals surface area (Å²) in [5.41, 5.74) is 9.99. The van der Waals surface area contributed by atoms with Crippen molar-refractivity contribution in [2.24, 2.45) is 0 Å². The second kappa shape index (κ2) is 7.89. The molecule has 0 unspecified atom stereocenters. The van der Waals surface area contributed by atoms with E-state index in [1.54, 1.807) is 0 Å². The van der Waals surface area contributed by atoms with E-state index in [9.17, 15) is 4.79 Å². The number of benzene rings is 6. The fourth-order valence-corrected chi connectivity index (χ4v) is 5.27. The number of nitrogens with two attached hydrogens (primary N) is 1. The molecule has 0 saturated carbocycles. The first-order valence-electron chi connectivity index (χ1n) is 11.6. The molecule has 0 fully saturated rings. The smallest absolute Gasteiger partial charge is 0.150 e. The predicted octanol–water partition coefficient (Wildman–Crippen LogP) is 7.79. The van der Waals surface area contributed by atoms with Crippen molar-refractivity contribution in [2.45, 2.75) is 13.5 Å². The number of anilines is 1. The summed E-state index contributed by atoms with van der Waals surface area (Å²) < 4.78 is 2.32. The Hall–Kier alpha value is -4.37. The summed E-state index contributed by atoms with van der Waals surface area (Å²) >= 11 is 0. The highest BCUT2D eigenvalue weighted by atomic mass is 16.1. The van der Waals surface area contributed by atoms with Crippen molar-refractivity contribution in [1.82, 2.24) is 4.57 Å². The first kappa shape index (κ1) is 20.3. The molecule has 0 atom stereocenters. The molecule has 0 saturated heterocycles. The Labute approximate surface area is 197 Å². The Bertz CT molecular complexity index is 1810. The van der Waals surface area contributed by atoms with Crippen molar-refractivity contribution in [3.05, 3.63) is 103 Å². The van der Waals surface area contributed by atoms with Crippen LogP contribution < -0.4 is 5.73 Å². The van der Waals surface area contributed by atoms with E-state index < -0.39 is 0 Å². The van der Waals surface area contributed by atoms with Crippen molar-refractivity contribution < 1.29 is 4.79 Å². The van der Waals surface area contributed by atoms with Crippen LogP contribution in [0.4, 0.5) is 5.69 Å². The van der Waals surface area contributed by atoms with Crippen LogP contribution in [-0.2, 0) is 6.54 Å². The van der Waals surface area contributed by atoms with Crippen LogP contribution in [0.3, 0.4) is 0 Å². The van der Waals surface area contributed by atoms with Crippen LogP contribution in [0, 0.1) is 0 Å². The molecule has 0 aliphatic rings. The SMILES string of the molecule is CCn1c2ccccc2c2cc(N)ccc21.O=Cc1ccc2ccc3cccc4ccc1c2c34. The highest BCUT2D eigenvalue weighted by Crippen LogP contribution is 2.35. The average Bonchev–Trinajstić information content (AvgIpc) is 3.20. The monoisotopic (exact) mass is 440 g/mol. The maximum Gasteiger partial charge on any atom is 0.150 e. The van der Waals surface area contributed by atoms with Crippen LogP contribution in [-0.4, -0.2) is 10.9 Å². The number of aryl methyl sites for hydroxylation is 1. The highest BCUT2D eigenvalue weighted by molar-refractivity contribution is 6.25. The number of fused-ring (bicyclic) bond motifs is 3. The zero-order valence-corrected chi connectivity index (χ0v) is 19.0. The lowest BCUT2D eigenvalue weighted by Crippen LogP contribution is -1.92. The second-order valence-electron chi connectivity index (χ2n) is 8.67. The summed E-state index contributed by atoms with van der Waals surface area (Å²) in [6.07, 6.45) is 0.936. The quantitative estimate of drug-likeness (QED) is 0.169. The van der Waals surface area contributed by atoms with Crippen LogP contribution in [0.1, 0.15) is 17.3 Å². The van der Waals surface area contributed by atoms with E-state index in [1.165, 1.54) is 48.7 Å². The van der Waals surface area contributed by atoms with Gasteiger partial charge in [0.25, 0.3) is 0 Å². The Morgan fingerprint density at radius 1 is 0.676 bits per heavy atom. The van der Waals surface area contributed by atoms with Crippen molar-refractivity contribution >= 4 is 66.1 Å². The standard InChI is InChI=1S/C17H10O.C14H14N2/c18-10-14-7-6-13-5-4-11-2-1-3-12-8-9-15(14)17(13)16(11)12;1-2-16-13-6-4-3-5-11(13)12-9-10(15)7-8-14(12)16/h1-10H;3-9H,2,15H2,1H3. The number of aldehydes is 1. The highest BCUT2D eigenvalue weighted by Gasteiger charge is 2.10. The molecule has 0 bridgehead atoms. The maximum atomic E-state index is 11.2. The molecule has 3 heteroatoms. The number of aromatic nitrogens is 1. The van der Waals surface area contributed by atoms with Crippen LogP contribution in [0.25, 0.3) is 54.1 Å². The fourth-order valence-electron chi connectivity index (χ4n) is 5.27. The number of hydrogen-bond acceptors (Lipinski definition) is 2. The van der Waals surface area contributed by atoms with Gasteiger partial charge >= 0.3 is 0 Å². The van der Waals surface area contributed by atoms with E-state index >= 15 is 0 Å². The predicted molar refractivity (Wildman–Crippen MR) is 145 cm³/mol. The molecule has 0 radical (unpaired) electrons. The molecule has 0 aliphatic heterocycles. The third-order valence-corrected chi connectivity index (χ3v) is 6.80. The molecule has 7 aromatic rings. The number of para-hydroxylation sites is 1. The summed E-state index contributed by atoms with van der Waals surface area (Å²) in [6, 6.07) is 33.2. The van der Waals surface area contributed by atoms with Gasteiger partial charge in [-0.25, -0.2) is 0 Å². The molecular formula is C31H24N2O. The lowest BCUT2D eigenvalue weighted by Gasteiger charge is -2.11. The summed E-state index contributed by atoms with van der Waals surface area (Å²) in [5, 5.41) is 9.70. The number of carbonyl (C=O) groups is 1. The maximum absolute atomic E-state index is 11.2. The van der Waals surface area contributed by atoms with E-state index in [0.717, 1.165) is 29.5 Å². The van der Waals surface area contributed by atoms with Crippen LogP contribution >= 0.6 is 0 Å². The average molecular weight is 441 g/mol. The molecular weight excluding hydrogens is 416 g/mol. The minimum atomic E-state index is 0.765. The van der Waals surface area contributed by atoms with Gasteiger partial charge in [0, 0.05) is 39.6 Å². The molecule has 1 heterocycles. The molecule has 2 N–H and O–H groups in total.